The van der Waals surface area contributed by atoms with Gasteiger partial charge in [-0.3, -0.25) is 0 Å². The van der Waals surface area contributed by atoms with E-state index in [-0.39, 0.29) is 6.04 Å². The van der Waals surface area contributed by atoms with Gasteiger partial charge in [0, 0.05) is 13.6 Å². The molecule has 1 aromatic rings. The van der Waals surface area contributed by atoms with E-state index in [9.17, 15) is 5.11 Å². The molecule has 0 aliphatic carbocycles. The Morgan fingerprint density at radius 2 is 2.31 bits per heavy atom. The average molecular weight is 266 g/mol. The molecule has 2 unspecified atom stereocenters. The lowest BCUT2D eigenvalue weighted by Gasteiger charge is -2.14. The van der Waals surface area contributed by atoms with Crippen LogP contribution in [0.3, 0.4) is 0 Å². The maximum absolute atomic E-state index is 9.54. The molecule has 2 rings (SSSR count). The summed E-state index contributed by atoms with van der Waals surface area (Å²) in [4.78, 5) is 3.93. The fourth-order valence-electron chi connectivity index (χ4n) is 1.63. The van der Waals surface area contributed by atoms with Gasteiger partial charge in [0.1, 0.15) is 0 Å². The van der Waals surface area contributed by atoms with Crippen LogP contribution in [0.4, 0.5) is 0 Å². The van der Waals surface area contributed by atoms with Crippen LogP contribution in [0.1, 0.15) is 5.69 Å². The minimum atomic E-state index is -0.470. The molecule has 0 spiro atoms. The van der Waals surface area contributed by atoms with Crippen molar-refractivity contribution in [3.63, 3.8) is 0 Å². The lowest BCUT2D eigenvalue weighted by molar-refractivity contribution is 0.122. The smallest absolute Gasteiger partial charge is 0.204 e. The van der Waals surface area contributed by atoms with Gasteiger partial charge >= 0.3 is 0 Å². The van der Waals surface area contributed by atoms with Gasteiger partial charge < -0.3 is 19.7 Å². The number of hydrogen-bond donors (Lipinski definition) is 2. The van der Waals surface area contributed by atoms with Crippen LogP contribution < -0.4 is 5.32 Å². The van der Waals surface area contributed by atoms with E-state index in [1.54, 1.807) is 11.6 Å². The summed E-state index contributed by atoms with van der Waals surface area (Å²) in [7, 11) is 1.79. The number of ether oxygens (including phenoxy) is 1. The molecule has 0 bridgehead atoms. The zero-order valence-corrected chi connectivity index (χ0v) is 10.3. The summed E-state index contributed by atoms with van der Waals surface area (Å²) < 4.78 is 6.84. The van der Waals surface area contributed by atoms with Gasteiger partial charge in [-0.05, 0) is 11.6 Å². The standard InChI is InChI=1S/C9H13Cl2N3O2/c1-14-6(8(10)13-9(14)11)2-12-5-3-16-4-7(5)15/h5,7,12,15H,2-4H2,1H3. The van der Waals surface area contributed by atoms with Gasteiger partial charge in [0.25, 0.3) is 0 Å². The number of halogens is 2. The molecular weight excluding hydrogens is 253 g/mol. The molecule has 1 aromatic heterocycles. The quantitative estimate of drug-likeness (QED) is 0.840. The van der Waals surface area contributed by atoms with Crippen LogP contribution >= 0.6 is 23.2 Å². The maximum atomic E-state index is 9.54. The van der Waals surface area contributed by atoms with Crippen LogP contribution in [0, 0.1) is 0 Å². The largest absolute Gasteiger partial charge is 0.389 e. The molecular formula is C9H13Cl2N3O2. The first kappa shape index (κ1) is 12.1. The second-order valence-corrected chi connectivity index (χ2v) is 4.47. The van der Waals surface area contributed by atoms with Gasteiger partial charge in [-0.25, -0.2) is 4.98 Å². The molecule has 0 radical (unpaired) electrons. The van der Waals surface area contributed by atoms with Gasteiger partial charge in [0.15, 0.2) is 5.15 Å². The lowest BCUT2D eigenvalue weighted by atomic mass is 10.2. The molecule has 5 nitrogen and oxygen atoms in total. The molecule has 90 valence electrons. The van der Waals surface area contributed by atoms with Crippen LogP contribution in [0.5, 0.6) is 0 Å². The molecule has 2 N–H and O–H groups in total. The summed E-state index contributed by atoms with van der Waals surface area (Å²) in [6.45, 7) is 1.38. The fourth-order valence-corrected chi connectivity index (χ4v) is 2.13. The topological polar surface area (TPSA) is 59.3 Å². The van der Waals surface area contributed by atoms with Crippen molar-refractivity contribution < 1.29 is 9.84 Å². The molecule has 0 aromatic carbocycles. The molecule has 1 aliphatic rings. The van der Waals surface area contributed by atoms with Crippen LogP contribution in [0.15, 0.2) is 0 Å². The number of aliphatic hydroxyl groups is 1. The number of aromatic nitrogens is 2. The highest BCUT2D eigenvalue weighted by atomic mass is 35.5. The summed E-state index contributed by atoms with van der Waals surface area (Å²) >= 11 is 11.7. The molecule has 2 heterocycles. The van der Waals surface area contributed by atoms with E-state index in [2.05, 4.69) is 10.3 Å². The third-order valence-corrected chi connectivity index (χ3v) is 3.33. The number of aliphatic hydroxyl groups excluding tert-OH is 1. The van der Waals surface area contributed by atoms with Crippen molar-refractivity contribution in [2.45, 2.75) is 18.7 Å². The average Bonchev–Trinajstić information content (AvgIpc) is 2.72. The lowest BCUT2D eigenvalue weighted by Crippen LogP contribution is -2.38. The first-order valence-electron chi connectivity index (χ1n) is 4.95. The van der Waals surface area contributed by atoms with Crippen molar-refractivity contribution >= 4 is 23.2 Å². The first-order valence-corrected chi connectivity index (χ1v) is 5.71. The van der Waals surface area contributed by atoms with Gasteiger partial charge in [-0.15, -0.1) is 0 Å². The van der Waals surface area contributed by atoms with Crippen molar-refractivity contribution in [1.29, 1.82) is 0 Å². The van der Waals surface area contributed by atoms with Crippen LogP contribution in [-0.4, -0.2) is 40.0 Å². The van der Waals surface area contributed by atoms with E-state index in [1.165, 1.54) is 0 Å². The Morgan fingerprint density at radius 3 is 2.81 bits per heavy atom. The molecule has 0 amide bonds. The Bertz CT molecular complexity index is 383. The second kappa shape index (κ2) is 4.89. The van der Waals surface area contributed by atoms with Crippen molar-refractivity contribution in [2.75, 3.05) is 13.2 Å². The fraction of sp³-hybridized carbons (Fsp3) is 0.667. The maximum Gasteiger partial charge on any atom is 0.204 e. The van der Waals surface area contributed by atoms with E-state index in [0.717, 1.165) is 5.69 Å². The number of imidazole rings is 1. The summed E-state index contributed by atoms with van der Waals surface area (Å²) in [6.07, 6.45) is -0.470. The Balaban J connectivity index is 1.99. The van der Waals surface area contributed by atoms with Gasteiger partial charge in [0.05, 0.1) is 31.1 Å². The first-order chi connectivity index (χ1) is 7.59. The molecule has 1 saturated heterocycles. The zero-order valence-electron chi connectivity index (χ0n) is 8.78. The van der Waals surface area contributed by atoms with Crippen molar-refractivity contribution in [3.8, 4) is 0 Å². The predicted molar refractivity (Wildman–Crippen MR) is 60.7 cm³/mol. The molecule has 2 atom stereocenters. The molecule has 7 heteroatoms. The summed E-state index contributed by atoms with van der Waals surface area (Å²) in [5.74, 6) is 0. The monoisotopic (exact) mass is 265 g/mol. The SMILES string of the molecule is Cn1c(Cl)nc(Cl)c1CNC1COCC1O. The Labute approximate surface area is 103 Å². The highest BCUT2D eigenvalue weighted by Gasteiger charge is 2.26. The van der Waals surface area contributed by atoms with Crippen molar-refractivity contribution in [2.24, 2.45) is 7.05 Å². The van der Waals surface area contributed by atoms with E-state index >= 15 is 0 Å². The highest BCUT2D eigenvalue weighted by molar-refractivity contribution is 6.32. The highest BCUT2D eigenvalue weighted by Crippen LogP contribution is 2.19. The van der Waals surface area contributed by atoms with Crippen molar-refractivity contribution in [1.82, 2.24) is 14.9 Å². The Hall–Kier alpha value is -0.330. The molecule has 1 aliphatic heterocycles. The Kier molecular flexibility index (Phi) is 3.71. The van der Waals surface area contributed by atoms with E-state index in [0.29, 0.717) is 30.2 Å². The van der Waals surface area contributed by atoms with Crippen LogP contribution in [0.2, 0.25) is 10.4 Å². The zero-order chi connectivity index (χ0) is 11.7. The van der Waals surface area contributed by atoms with Gasteiger partial charge in [0.2, 0.25) is 5.28 Å². The Morgan fingerprint density at radius 1 is 1.56 bits per heavy atom. The van der Waals surface area contributed by atoms with Crippen molar-refractivity contribution in [3.05, 3.63) is 16.1 Å². The summed E-state index contributed by atoms with van der Waals surface area (Å²) in [5.41, 5.74) is 0.797. The third-order valence-electron chi connectivity index (χ3n) is 2.69. The van der Waals surface area contributed by atoms with E-state index in [1.807, 2.05) is 0 Å². The summed E-state index contributed by atoms with van der Waals surface area (Å²) in [6, 6.07) is -0.0651. The van der Waals surface area contributed by atoms with E-state index < -0.39 is 6.10 Å². The summed E-state index contributed by atoms with van der Waals surface area (Å²) in [5, 5.41) is 13.4. The van der Waals surface area contributed by atoms with Crippen LogP contribution in [0.25, 0.3) is 0 Å². The number of rotatable bonds is 3. The van der Waals surface area contributed by atoms with Gasteiger partial charge in [-0.2, -0.15) is 0 Å². The third kappa shape index (κ3) is 2.33. The molecule has 16 heavy (non-hydrogen) atoms. The predicted octanol–water partition coefficient (Wildman–Crippen LogP) is 0.576. The molecule has 1 fully saturated rings. The van der Waals surface area contributed by atoms with E-state index in [4.69, 9.17) is 27.9 Å². The van der Waals surface area contributed by atoms with Gasteiger partial charge in [-0.1, -0.05) is 11.6 Å². The minimum Gasteiger partial charge on any atom is -0.389 e. The normalized spacial score (nSPS) is 25.2. The van der Waals surface area contributed by atoms with Crippen LogP contribution in [-0.2, 0) is 18.3 Å². The number of nitrogens with zero attached hydrogens (tertiary/aromatic N) is 2. The number of hydrogen-bond acceptors (Lipinski definition) is 4. The minimum absolute atomic E-state index is 0.0651. The molecule has 0 saturated carbocycles. The number of nitrogens with one attached hydrogen (secondary N) is 1. The second-order valence-electron chi connectivity index (χ2n) is 3.77.